The van der Waals surface area contributed by atoms with Gasteiger partial charge in [-0.15, -0.1) is 0 Å². The molecule has 0 amide bonds. The highest BCUT2D eigenvalue weighted by molar-refractivity contribution is 5.68. The van der Waals surface area contributed by atoms with E-state index in [9.17, 15) is 4.39 Å². The minimum Gasteiger partial charge on any atom is -0.384 e. The highest BCUT2D eigenvalue weighted by Gasteiger charge is 2.14. The number of hydrogen-bond donors (Lipinski definition) is 1. The quantitative estimate of drug-likeness (QED) is 0.800. The number of rotatable bonds is 1. The van der Waals surface area contributed by atoms with Gasteiger partial charge in [0.25, 0.3) is 0 Å². The Morgan fingerprint density at radius 3 is 2.56 bits per heavy atom. The molecular weight excluding hydrogens is 205 g/mol. The fourth-order valence-electron chi connectivity index (χ4n) is 1.72. The Balaban J connectivity index is 2.67. The van der Waals surface area contributed by atoms with Crippen molar-refractivity contribution < 1.29 is 4.39 Å². The van der Waals surface area contributed by atoms with Gasteiger partial charge in [-0.25, -0.2) is 4.39 Å². The molecule has 0 spiro atoms. The molecule has 0 bridgehead atoms. The highest BCUT2D eigenvalue weighted by atomic mass is 19.1. The Morgan fingerprint density at radius 1 is 1.31 bits per heavy atom. The minimum atomic E-state index is -0.271. The van der Waals surface area contributed by atoms with Gasteiger partial charge in [0.05, 0.1) is 0 Å². The van der Waals surface area contributed by atoms with E-state index < -0.39 is 0 Å². The Bertz CT molecular complexity index is 543. The zero-order chi connectivity index (χ0) is 11.9. The van der Waals surface area contributed by atoms with Gasteiger partial charge < -0.3 is 5.73 Å². The van der Waals surface area contributed by atoms with Crippen molar-refractivity contribution in [2.24, 2.45) is 7.05 Å². The molecule has 0 saturated carbocycles. The predicted molar refractivity (Wildman–Crippen MR) is 62.5 cm³/mol. The zero-order valence-corrected chi connectivity index (χ0v) is 9.58. The topological polar surface area (TPSA) is 43.8 Å². The first-order valence-electron chi connectivity index (χ1n) is 5.06. The van der Waals surface area contributed by atoms with Gasteiger partial charge in [0.2, 0.25) is 0 Å². The van der Waals surface area contributed by atoms with Crippen molar-refractivity contribution in [1.29, 1.82) is 0 Å². The molecule has 0 aliphatic carbocycles. The largest absolute Gasteiger partial charge is 0.384 e. The second-order valence-electron chi connectivity index (χ2n) is 3.97. The van der Waals surface area contributed by atoms with Crippen molar-refractivity contribution in [1.82, 2.24) is 9.78 Å². The molecule has 1 heterocycles. The van der Waals surface area contributed by atoms with Crippen LogP contribution in [0, 0.1) is 19.7 Å². The van der Waals surface area contributed by atoms with E-state index in [0.717, 1.165) is 11.1 Å². The van der Waals surface area contributed by atoms with Crippen LogP contribution < -0.4 is 5.73 Å². The normalized spacial score (nSPS) is 10.8. The van der Waals surface area contributed by atoms with Crippen LogP contribution in [-0.4, -0.2) is 9.78 Å². The summed E-state index contributed by atoms with van der Waals surface area (Å²) in [5.41, 5.74) is 8.73. The lowest BCUT2D eigenvalue weighted by Crippen LogP contribution is -1.97. The SMILES string of the molecule is Cc1ccc(F)c(-c2nn(C)c(N)c2C)c1. The van der Waals surface area contributed by atoms with Gasteiger partial charge >= 0.3 is 0 Å². The molecule has 0 unspecified atom stereocenters. The first-order valence-corrected chi connectivity index (χ1v) is 5.06. The van der Waals surface area contributed by atoms with Crippen LogP contribution >= 0.6 is 0 Å². The second kappa shape index (κ2) is 3.63. The molecule has 0 fully saturated rings. The van der Waals surface area contributed by atoms with E-state index in [1.807, 2.05) is 13.8 Å². The van der Waals surface area contributed by atoms with Crippen LogP contribution in [0.15, 0.2) is 18.2 Å². The number of nitrogens with two attached hydrogens (primary N) is 1. The monoisotopic (exact) mass is 219 g/mol. The van der Waals surface area contributed by atoms with E-state index in [-0.39, 0.29) is 5.82 Å². The van der Waals surface area contributed by atoms with Crippen molar-refractivity contribution in [2.75, 3.05) is 5.73 Å². The lowest BCUT2D eigenvalue weighted by molar-refractivity contribution is 0.629. The summed E-state index contributed by atoms with van der Waals surface area (Å²) < 4.78 is 15.2. The number of aryl methyl sites for hydroxylation is 2. The Kier molecular flexibility index (Phi) is 2.42. The van der Waals surface area contributed by atoms with Crippen molar-refractivity contribution in [3.8, 4) is 11.3 Å². The fourth-order valence-corrected chi connectivity index (χ4v) is 1.72. The maximum Gasteiger partial charge on any atom is 0.132 e. The molecule has 1 aromatic heterocycles. The standard InChI is InChI=1S/C12H14FN3/c1-7-4-5-10(13)9(6-7)11-8(2)12(14)16(3)15-11/h4-6H,14H2,1-3H3. The Labute approximate surface area is 93.7 Å². The van der Waals surface area contributed by atoms with Gasteiger partial charge in [0, 0.05) is 18.2 Å². The summed E-state index contributed by atoms with van der Waals surface area (Å²) in [7, 11) is 1.75. The van der Waals surface area contributed by atoms with Gasteiger partial charge in [-0.05, 0) is 26.0 Å². The number of nitrogens with zero attached hydrogens (tertiary/aromatic N) is 2. The molecule has 3 nitrogen and oxygen atoms in total. The Hall–Kier alpha value is -1.84. The van der Waals surface area contributed by atoms with Gasteiger partial charge in [0.1, 0.15) is 17.3 Å². The van der Waals surface area contributed by atoms with Crippen LogP contribution in [0.25, 0.3) is 11.3 Å². The summed E-state index contributed by atoms with van der Waals surface area (Å²) in [5.74, 6) is 0.294. The first-order chi connectivity index (χ1) is 7.50. The molecule has 2 rings (SSSR count). The molecule has 2 N–H and O–H groups in total. The third kappa shape index (κ3) is 1.56. The highest BCUT2D eigenvalue weighted by Crippen LogP contribution is 2.28. The van der Waals surface area contributed by atoms with Gasteiger partial charge in [0.15, 0.2) is 0 Å². The van der Waals surface area contributed by atoms with Crippen LogP contribution in [0.3, 0.4) is 0 Å². The van der Waals surface area contributed by atoms with E-state index >= 15 is 0 Å². The molecule has 4 heteroatoms. The first kappa shape index (κ1) is 10.7. The summed E-state index contributed by atoms with van der Waals surface area (Å²) >= 11 is 0. The number of anilines is 1. The number of benzene rings is 1. The van der Waals surface area contributed by atoms with Crippen molar-refractivity contribution in [3.63, 3.8) is 0 Å². The van der Waals surface area contributed by atoms with Crippen molar-refractivity contribution in [2.45, 2.75) is 13.8 Å². The molecule has 2 aromatic rings. The summed E-state index contributed by atoms with van der Waals surface area (Å²) in [5, 5.41) is 4.23. The lowest BCUT2D eigenvalue weighted by Gasteiger charge is -2.02. The summed E-state index contributed by atoms with van der Waals surface area (Å²) in [4.78, 5) is 0. The van der Waals surface area contributed by atoms with E-state index in [1.165, 1.54) is 6.07 Å². The zero-order valence-electron chi connectivity index (χ0n) is 9.58. The van der Waals surface area contributed by atoms with E-state index in [2.05, 4.69) is 5.10 Å². The number of aromatic nitrogens is 2. The van der Waals surface area contributed by atoms with Gasteiger partial charge in [-0.1, -0.05) is 11.6 Å². The maximum atomic E-state index is 13.7. The molecular formula is C12H14FN3. The lowest BCUT2D eigenvalue weighted by atomic mass is 10.1. The smallest absolute Gasteiger partial charge is 0.132 e. The van der Waals surface area contributed by atoms with Gasteiger partial charge in [-0.2, -0.15) is 5.10 Å². The fraction of sp³-hybridized carbons (Fsp3) is 0.250. The average molecular weight is 219 g/mol. The second-order valence-corrected chi connectivity index (χ2v) is 3.97. The molecule has 0 radical (unpaired) electrons. The molecule has 0 aliphatic rings. The number of nitrogen functional groups attached to an aromatic ring is 1. The third-order valence-corrected chi connectivity index (χ3v) is 2.72. The van der Waals surface area contributed by atoms with Crippen LogP contribution in [-0.2, 0) is 7.05 Å². The Morgan fingerprint density at radius 2 is 2.00 bits per heavy atom. The number of hydrogen-bond acceptors (Lipinski definition) is 2. The number of halogens is 1. The van der Waals surface area contributed by atoms with Crippen molar-refractivity contribution >= 4 is 5.82 Å². The summed E-state index contributed by atoms with van der Waals surface area (Å²) in [6.07, 6.45) is 0. The third-order valence-electron chi connectivity index (χ3n) is 2.72. The van der Waals surface area contributed by atoms with E-state index in [4.69, 9.17) is 5.73 Å². The molecule has 16 heavy (non-hydrogen) atoms. The van der Waals surface area contributed by atoms with Crippen LogP contribution in [0.5, 0.6) is 0 Å². The van der Waals surface area contributed by atoms with E-state index in [1.54, 1.807) is 23.9 Å². The van der Waals surface area contributed by atoms with Crippen LogP contribution in [0.1, 0.15) is 11.1 Å². The predicted octanol–water partition coefficient (Wildman–Crippen LogP) is 2.43. The summed E-state index contributed by atoms with van der Waals surface area (Å²) in [6.45, 7) is 3.77. The molecule has 1 aromatic carbocycles. The van der Waals surface area contributed by atoms with E-state index in [0.29, 0.717) is 17.1 Å². The van der Waals surface area contributed by atoms with Gasteiger partial charge in [-0.3, -0.25) is 4.68 Å². The van der Waals surface area contributed by atoms with Crippen molar-refractivity contribution in [3.05, 3.63) is 35.1 Å². The van der Waals surface area contributed by atoms with Crippen LogP contribution in [0.4, 0.5) is 10.2 Å². The molecule has 0 saturated heterocycles. The average Bonchev–Trinajstić information content (AvgIpc) is 2.50. The molecule has 0 aliphatic heterocycles. The maximum absolute atomic E-state index is 13.7. The minimum absolute atomic E-state index is 0.271. The molecule has 84 valence electrons. The van der Waals surface area contributed by atoms with Crippen LogP contribution in [0.2, 0.25) is 0 Å². The molecule has 0 atom stereocenters. The summed E-state index contributed by atoms with van der Waals surface area (Å²) in [6, 6.07) is 4.97.